The summed E-state index contributed by atoms with van der Waals surface area (Å²) in [6.45, 7) is 2.52. The highest BCUT2D eigenvalue weighted by Gasteiger charge is 2.31. The van der Waals surface area contributed by atoms with Crippen LogP contribution in [0.4, 0.5) is 5.13 Å². The fourth-order valence-electron chi connectivity index (χ4n) is 2.89. The Hall–Kier alpha value is -2.30. The average Bonchev–Trinajstić information content (AvgIpc) is 3.31. The van der Waals surface area contributed by atoms with Crippen molar-refractivity contribution in [1.82, 2.24) is 15.1 Å². The Morgan fingerprint density at radius 3 is 2.94 bits per heavy atom. The van der Waals surface area contributed by atoms with Crippen molar-refractivity contribution in [3.8, 4) is 5.75 Å². The molecule has 1 aromatic heterocycles. The van der Waals surface area contributed by atoms with Gasteiger partial charge in [-0.2, -0.15) is 0 Å². The number of ether oxygens (including phenoxy) is 1. The Balaban J connectivity index is 1.49. The molecule has 0 aliphatic carbocycles. The highest BCUT2D eigenvalue weighted by molar-refractivity contribution is 8.26. The van der Waals surface area contributed by atoms with Gasteiger partial charge in [0.15, 0.2) is 0 Å². The van der Waals surface area contributed by atoms with E-state index < -0.39 is 0 Å². The number of aromatic nitrogens is 2. The predicted octanol–water partition coefficient (Wildman–Crippen LogP) is 4.51. The van der Waals surface area contributed by atoms with Gasteiger partial charge in [-0.25, -0.2) is 0 Å². The SMILES string of the molecule is CCCCc1nnc(NC(=O)CCCN2C(=O)/C(=C/c3cccc(OC)c3)SC2=S)s1. The van der Waals surface area contributed by atoms with Crippen LogP contribution < -0.4 is 10.1 Å². The number of methoxy groups -OCH3 is 1. The molecule has 3 rings (SSSR count). The van der Waals surface area contributed by atoms with Crippen LogP contribution in [0, 0.1) is 0 Å². The molecule has 1 N–H and O–H groups in total. The molecule has 1 aliphatic rings. The zero-order valence-corrected chi connectivity index (χ0v) is 19.9. The van der Waals surface area contributed by atoms with Gasteiger partial charge in [-0.3, -0.25) is 14.5 Å². The maximum absolute atomic E-state index is 12.7. The normalized spacial score (nSPS) is 15.0. The molecule has 31 heavy (non-hydrogen) atoms. The average molecular weight is 477 g/mol. The first-order chi connectivity index (χ1) is 15.0. The van der Waals surface area contributed by atoms with Gasteiger partial charge in [-0.05, 0) is 36.6 Å². The van der Waals surface area contributed by atoms with Gasteiger partial charge in [0.2, 0.25) is 11.0 Å². The maximum Gasteiger partial charge on any atom is 0.266 e. The molecule has 0 atom stereocenters. The summed E-state index contributed by atoms with van der Waals surface area (Å²) >= 11 is 8.04. The second kappa shape index (κ2) is 11.4. The molecule has 7 nitrogen and oxygen atoms in total. The molecule has 0 saturated carbocycles. The standard InChI is InChI=1S/C21H24N4O3S3/c1-3-4-10-18-23-24-20(31-18)22-17(26)9-6-11-25-19(27)16(30-21(25)29)13-14-7-5-8-15(12-14)28-2/h5,7-8,12-13H,3-4,6,9-11H2,1-2H3,(H,22,24,26)/b16-13-. The lowest BCUT2D eigenvalue weighted by Crippen LogP contribution is -2.29. The first-order valence-corrected chi connectivity index (χ1v) is 12.1. The Bertz CT molecular complexity index is 990. The third kappa shape index (κ3) is 6.59. The zero-order valence-electron chi connectivity index (χ0n) is 17.4. The van der Waals surface area contributed by atoms with E-state index >= 15 is 0 Å². The van der Waals surface area contributed by atoms with Crippen molar-refractivity contribution >= 4 is 62.7 Å². The second-order valence-electron chi connectivity index (χ2n) is 6.87. The predicted molar refractivity (Wildman–Crippen MR) is 129 cm³/mol. The van der Waals surface area contributed by atoms with Crippen LogP contribution in [0.15, 0.2) is 29.2 Å². The number of aryl methyl sites for hydroxylation is 1. The van der Waals surface area contributed by atoms with E-state index in [1.807, 2.05) is 24.3 Å². The molecule has 0 radical (unpaired) electrons. The number of rotatable bonds is 10. The molecule has 1 saturated heterocycles. The molecule has 164 valence electrons. The fourth-order valence-corrected chi connectivity index (χ4v) is 4.99. The van der Waals surface area contributed by atoms with Crippen LogP contribution >= 0.6 is 35.3 Å². The minimum atomic E-state index is -0.143. The summed E-state index contributed by atoms with van der Waals surface area (Å²) < 4.78 is 5.73. The van der Waals surface area contributed by atoms with Gasteiger partial charge in [0.1, 0.15) is 15.1 Å². The lowest BCUT2D eigenvalue weighted by atomic mass is 10.2. The van der Waals surface area contributed by atoms with Crippen LogP contribution in [-0.4, -0.2) is 44.9 Å². The monoisotopic (exact) mass is 476 g/mol. The molecule has 10 heteroatoms. The highest BCUT2D eigenvalue weighted by atomic mass is 32.2. The van der Waals surface area contributed by atoms with E-state index in [0.717, 1.165) is 35.6 Å². The number of thiocarbonyl (C=S) groups is 1. The third-order valence-electron chi connectivity index (χ3n) is 4.51. The summed E-state index contributed by atoms with van der Waals surface area (Å²) in [4.78, 5) is 27.0. The van der Waals surface area contributed by atoms with Crippen molar-refractivity contribution in [2.24, 2.45) is 0 Å². The van der Waals surface area contributed by atoms with E-state index in [1.54, 1.807) is 18.1 Å². The minimum Gasteiger partial charge on any atom is -0.497 e. The lowest BCUT2D eigenvalue weighted by Gasteiger charge is -2.13. The molecule has 1 aromatic carbocycles. The van der Waals surface area contributed by atoms with Crippen molar-refractivity contribution in [3.05, 3.63) is 39.7 Å². The Kier molecular flexibility index (Phi) is 8.56. The summed E-state index contributed by atoms with van der Waals surface area (Å²) in [5, 5.41) is 12.3. The molecule has 2 heterocycles. The number of anilines is 1. The Labute approximate surface area is 195 Å². The van der Waals surface area contributed by atoms with Gasteiger partial charge in [0.25, 0.3) is 5.91 Å². The minimum absolute atomic E-state index is 0.136. The quantitative estimate of drug-likeness (QED) is 0.399. The molecule has 1 aliphatic heterocycles. The summed E-state index contributed by atoms with van der Waals surface area (Å²) in [6.07, 6.45) is 5.61. The van der Waals surface area contributed by atoms with Crippen LogP contribution in [0.3, 0.4) is 0 Å². The number of thioether (sulfide) groups is 1. The van der Waals surface area contributed by atoms with Gasteiger partial charge < -0.3 is 10.1 Å². The molecule has 0 unspecified atom stereocenters. The number of carbonyl (C=O) groups is 2. The first kappa shape index (κ1) is 23.4. The number of amides is 2. The number of nitrogens with zero attached hydrogens (tertiary/aromatic N) is 3. The summed E-state index contributed by atoms with van der Waals surface area (Å²) in [5.41, 5.74) is 0.870. The van der Waals surface area contributed by atoms with E-state index in [9.17, 15) is 9.59 Å². The lowest BCUT2D eigenvalue weighted by molar-refractivity contribution is -0.122. The number of hydrogen-bond acceptors (Lipinski definition) is 8. The van der Waals surface area contributed by atoms with E-state index in [2.05, 4.69) is 22.4 Å². The van der Waals surface area contributed by atoms with E-state index in [-0.39, 0.29) is 18.2 Å². The van der Waals surface area contributed by atoms with Gasteiger partial charge in [0.05, 0.1) is 12.0 Å². The number of nitrogens with one attached hydrogen (secondary N) is 1. The van der Waals surface area contributed by atoms with Crippen LogP contribution in [-0.2, 0) is 16.0 Å². The summed E-state index contributed by atoms with van der Waals surface area (Å²) in [6, 6.07) is 7.48. The van der Waals surface area contributed by atoms with E-state index in [4.69, 9.17) is 17.0 Å². The van der Waals surface area contributed by atoms with Gasteiger partial charge >= 0.3 is 0 Å². The topological polar surface area (TPSA) is 84.4 Å². The molecular formula is C21H24N4O3S3. The van der Waals surface area contributed by atoms with Crippen LogP contribution in [0.2, 0.25) is 0 Å². The molecule has 1 fully saturated rings. The maximum atomic E-state index is 12.7. The van der Waals surface area contributed by atoms with E-state index in [1.165, 1.54) is 23.1 Å². The van der Waals surface area contributed by atoms with Crippen molar-refractivity contribution in [2.45, 2.75) is 39.0 Å². The van der Waals surface area contributed by atoms with Gasteiger partial charge in [0, 0.05) is 19.4 Å². The highest BCUT2D eigenvalue weighted by Crippen LogP contribution is 2.33. The van der Waals surface area contributed by atoms with Crippen LogP contribution in [0.25, 0.3) is 6.08 Å². The van der Waals surface area contributed by atoms with Crippen molar-refractivity contribution in [2.75, 3.05) is 19.0 Å². The first-order valence-electron chi connectivity index (χ1n) is 10.0. The van der Waals surface area contributed by atoms with E-state index in [0.29, 0.717) is 27.3 Å². The van der Waals surface area contributed by atoms with Crippen LogP contribution in [0.5, 0.6) is 5.75 Å². The zero-order chi connectivity index (χ0) is 22.2. The second-order valence-corrected chi connectivity index (χ2v) is 9.60. The number of hydrogen-bond donors (Lipinski definition) is 1. The van der Waals surface area contributed by atoms with Crippen molar-refractivity contribution in [1.29, 1.82) is 0 Å². The summed E-state index contributed by atoms with van der Waals surface area (Å²) in [5.74, 6) is 0.446. The van der Waals surface area contributed by atoms with Crippen LogP contribution in [0.1, 0.15) is 43.2 Å². The fraction of sp³-hybridized carbons (Fsp3) is 0.381. The van der Waals surface area contributed by atoms with Gasteiger partial charge in [-0.15, -0.1) is 10.2 Å². The molecular weight excluding hydrogens is 452 g/mol. The number of unbranched alkanes of at least 4 members (excludes halogenated alkanes) is 1. The largest absolute Gasteiger partial charge is 0.497 e. The Morgan fingerprint density at radius 1 is 1.32 bits per heavy atom. The molecule has 2 aromatic rings. The number of carbonyl (C=O) groups excluding carboxylic acids is 2. The third-order valence-corrected chi connectivity index (χ3v) is 6.78. The smallest absolute Gasteiger partial charge is 0.266 e. The van der Waals surface area contributed by atoms with Crippen molar-refractivity contribution < 1.29 is 14.3 Å². The molecule has 0 bridgehead atoms. The summed E-state index contributed by atoms with van der Waals surface area (Å²) in [7, 11) is 1.60. The van der Waals surface area contributed by atoms with Gasteiger partial charge in [-0.1, -0.05) is 60.8 Å². The molecule has 2 amide bonds. The number of benzene rings is 1. The molecule has 0 spiro atoms. The Morgan fingerprint density at radius 2 is 2.16 bits per heavy atom. The van der Waals surface area contributed by atoms with Crippen molar-refractivity contribution in [3.63, 3.8) is 0 Å².